The van der Waals surface area contributed by atoms with E-state index < -0.39 is 0 Å². The zero-order chi connectivity index (χ0) is 10.8. The standard InChI is InChI=1S/C10H9BrO2S2/c1-2-13-10(12)9-4-8-7(15-9)3-6(5-11)14-8/h3-4H,2,5H2,1H3. The molecule has 0 N–H and O–H groups in total. The van der Waals surface area contributed by atoms with E-state index in [9.17, 15) is 4.79 Å². The van der Waals surface area contributed by atoms with E-state index in [4.69, 9.17) is 4.74 Å². The number of carbonyl (C=O) groups is 1. The van der Waals surface area contributed by atoms with E-state index in [0.717, 1.165) is 14.7 Å². The van der Waals surface area contributed by atoms with Gasteiger partial charge in [-0.2, -0.15) is 0 Å². The van der Waals surface area contributed by atoms with Gasteiger partial charge in [-0.1, -0.05) is 15.9 Å². The van der Waals surface area contributed by atoms with Gasteiger partial charge in [0.2, 0.25) is 0 Å². The predicted octanol–water partition coefficient (Wildman–Crippen LogP) is 4.03. The van der Waals surface area contributed by atoms with Crippen molar-refractivity contribution in [1.82, 2.24) is 0 Å². The quantitative estimate of drug-likeness (QED) is 0.632. The number of halogens is 1. The Morgan fingerprint density at radius 2 is 2.13 bits per heavy atom. The molecule has 0 fully saturated rings. The Balaban J connectivity index is 2.32. The largest absolute Gasteiger partial charge is 0.462 e. The Hall–Kier alpha value is -0.390. The highest BCUT2D eigenvalue weighted by atomic mass is 79.9. The van der Waals surface area contributed by atoms with Crippen LogP contribution in [0, 0.1) is 0 Å². The Morgan fingerprint density at radius 1 is 1.40 bits per heavy atom. The molecule has 0 bridgehead atoms. The van der Waals surface area contributed by atoms with E-state index in [1.165, 1.54) is 16.2 Å². The highest BCUT2D eigenvalue weighted by Gasteiger charge is 2.12. The molecule has 0 aromatic carbocycles. The lowest BCUT2D eigenvalue weighted by Gasteiger charge is -1.96. The fourth-order valence-electron chi connectivity index (χ4n) is 1.25. The van der Waals surface area contributed by atoms with Gasteiger partial charge in [-0.3, -0.25) is 0 Å². The first-order valence-electron chi connectivity index (χ1n) is 4.50. The third kappa shape index (κ3) is 2.24. The van der Waals surface area contributed by atoms with E-state index in [1.807, 2.05) is 13.0 Å². The third-order valence-electron chi connectivity index (χ3n) is 1.87. The van der Waals surface area contributed by atoms with Crippen molar-refractivity contribution in [3.63, 3.8) is 0 Å². The maximum atomic E-state index is 11.5. The zero-order valence-corrected chi connectivity index (χ0v) is 11.3. The molecule has 0 saturated carbocycles. The van der Waals surface area contributed by atoms with Crippen LogP contribution in [0.1, 0.15) is 21.5 Å². The Morgan fingerprint density at radius 3 is 2.73 bits per heavy atom. The zero-order valence-electron chi connectivity index (χ0n) is 8.08. The SMILES string of the molecule is CCOC(=O)c1cc2sc(CBr)cc2s1. The van der Waals surface area contributed by atoms with Gasteiger partial charge in [0, 0.05) is 19.6 Å². The summed E-state index contributed by atoms with van der Waals surface area (Å²) in [4.78, 5) is 13.4. The van der Waals surface area contributed by atoms with Crippen LogP contribution in [-0.4, -0.2) is 12.6 Å². The molecule has 0 atom stereocenters. The second kappa shape index (κ2) is 4.63. The minimum Gasteiger partial charge on any atom is -0.462 e. The van der Waals surface area contributed by atoms with Gasteiger partial charge in [0.25, 0.3) is 0 Å². The van der Waals surface area contributed by atoms with Crippen LogP contribution in [0.25, 0.3) is 9.40 Å². The first-order valence-corrected chi connectivity index (χ1v) is 7.25. The molecule has 0 aliphatic heterocycles. The predicted molar refractivity (Wildman–Crippen MR) is 68.3 cm³/mol. The van der Waals surface area contributed by atoms with E-state index >= 15 is 0 Å². The van der Waals surface area contributed by atoms with Gasteiger partial charge in [0.1, 0.15) is 4.88 Å². The number of alkyl halides is 1. The van der Waals surface area contributed by atoms with Crippen molar-refractivity contribution in [2.24, 2.45) is 0 Å². The van der Waals surface area contributed by atoms with Crippen LogP contribution in [0.15, 0.2) is 12.1 Å². The molecule has 0 amide bonds. The lowest BCUT2D eigenvalue weighted by molar-refractivity contribution is 0.0532. The summed E-state index contributed by atoms with van der Waals surface area (Å²) in [5.41, 5.74) is 0. The minimum atomic E-state index is -0.216. The molecule has 0 radical (unpaired) electrons. The number of esters is 1. The number of hydrogen-bond donors (Lipinski definition) is 0. The molecule has 0 spiro atoms. The molecule has 0 aliphatic carbocycles. The van der Waals surface area contributed by atoms with Crippen molar-refractivity contribution in [2.75, 3.05) is 6.61 Å². The van der Waals surface area contributed by atoms with E-state index in [2.05, 4.69) is 22.0 Å². The van der Waals surface area contributed by atoms with Crippen LogP contribution < -0.4 is 0 Å². The number of ether oxygens (including phenoxy) is 1. The molecule has 0 unspecified atom stereocenters. The fourth-order valence-corrected chi connectivity index (χ4v) is 3.93. The molecule has 2 aromatic rings. The van der Waals surface area contributed by atoms with Crippen molar-refractivity contribution in [3.8, 4) is 0 Å². The summed E-state index contributed by atoms with van der Waals surface area (Å²) in [6, 6.07) is 4.02. The van der Waals surface area contributed by atoms with Gasteiger partial charge in [0.05, 0.1) is 6.61 Å². The Labute approximate surface area is 104 Å². The molecule has 15 heavy (non-hydrogen) atoms. The summed E-state index contributed by atoms with van der Waals surface area (Å²) < 4.78 is 7.28. The molecular formula is C10H9BrO2S2. The van der Waals surface area contributed by atoms with Gasteiger partial charge in [-0.25, -0.2) is 4.79 Å². The average Bonchev–Trinajstić information content (AvgIpc) is 2.74. The van der Waals surface area contributed by atoms with Crippen molar-refractivity contribution in [1.29, 1.82) is 0 Å². The average molecular weight is 305 g/mol. The summed E-state index contributed by atoms with van der Waals surface area (Å²) >= 11 is 6.62. The van der Waals surface area contributed by atoms with Gasteiger partial charge in [-0.05, 0) is 19.1 Å². The van der Waals surface area contributed by atoms with E-state index in [0.29, 0.717) is 11.5 Å². The molecule has 5 heteroatoms. The Kier molecular flexibility index (Phi) is 3.43. The smallest absolute Gasteiger partial charge is 0.348 e. The van der Waals surface area contributed by atoms with Gasteiger partial charge in [-0.15, -0.1) is 22.7 Å². The van der Waals surface area contributed by atoms with Gasteiger partial charge < -0.3 is 4.74 Å². The van der Waals surface area contributed by atoms with Crippen LogP contribution >= 0.6 is 38.6 Å². The summed E-state index contributed by atoms with van der Waals surface area (Å²) in [6.45, 7) is 2.24. The van der Waals surface area contributed by atoms with Crippen LogP contribution in [0.2, 0.25) is 0 Å². The summed E-state index contributed by atoms with van der Waals surface area (Å²) in [5.74, 6) is -0.216. The monoisotopic (exact) mass is 304 g/mol. The second-order valence-corrected chi connectivity index (χ2v) is 5.72. The molecule has 0 saturated heterocycles. The summed E-state index contributed by atoms with van der Waals surface area (Å²) in [5, 5.41) is 0.869. The first kappa shape index (κ1) is 11.1. The third-order valence-corrected chi connectivity index (χ3v) is 5.12. The van der Waals surface area contributed by atoms with Crippen molar-refractivity contribution >= 4 is 54.0 Å². The molecule has 2 nitrogen and oxygen atoms in total. The van der Waals surface area contributed by atoms with Gasteiger partial charge >= 0.3 is 5.97 Å². The first-order chi connectivity index (χ1) is 7.24. The lowest BCUT2D eigenvalue weighted by Crippen LogP contribution is -2.01. The molecular weight excluding hydrogens is 296 g/mol. The maximum absolute atomic E-state index is 11.5. The number of fused-ring (bicyclic) bond motifs is 1. The van der Waals surface area contributed by atoms with Crippen LogP contribution in [0.3, 0.4) is 0 Å². The second-order valence-electron chi connectivity index (χ2n) is 2.91. The number of hydrogen-bond acceptors (Lipinski definition) is 4. The van der Waals surface area contributed by atoms with Crippen molar-refractivity contribution in [3.05, 3.63) is 21.9 Å². The Bertz CT molecular complexity index is 455. The molecule has 2 heterocycles. The van der Waals surface area contributed by atoms with E-state index in [-0.39, 0.29) is 5.97 Å². The lowest BCUT2D eigenvalue weighted by atomic mass is 10.4. The van der Waals surface area contributed by atoms with Crippen molar-refractivity contribution in [2.45, 2.75) is 12.3 Å². The number of thiophene rings is 2. The highest BCUT2D eigenvalue weighted by molar-refractivity contribution is 9.08. The summed E-state index contributed by atoms with van der Waals surface area (Å²) in [7, 11) is 0. The van der Waals surface area contributed by atoms with Crippen molar-refractivity contribution < 1.29 is 9.53 Å². The highest BCUT2D eigenvalue weighted by Crippen LogP contribution is 2.34. The molecule has 2 aromatic heterocycles. The number of carbonyl (C=O) groups excluding carboxylic acids is 1. The maximum Gasteiger partial charge on any atom is 0.348 e. The molecule has 2 rings (SSSR count). The fraction of sp³-hybridized carbons (Fsp3) is 0.300. The van der Waals surface area contributed by atoms with Gasteiger partial charge in [0.15, 0.2) is 0 Å². The minimum absolute atomic E-state index is 0.216. The number of rotatable bonds is 3. The molecule has 80 valence electrons. The molecule has 0 aliphatic rings. The topological polar surface area (TPSA) is 26.3 Å². The van der Waals surface area contributed by atoms with E-state index in [1.54, 1.807) is 11.3 Å². The summed E-state index contributed by atoms with van der Waals surface area (Å²) in [6.07, 6.45) is 0. The van der Waals surface area contributed by atoms with Crippen LogP contribution in [-0.2, 0) is 10.1 Å². The van der Waals surface area contributed by atoms with Crippen LogP contribution in [0.4, 0.5) is 0 Å². The normalized spacial score (nSPS) is 10.8. The van der Waals surface area contributed by atoms with Crippen LogP contribution in [0.5, 0.6) is 0 Å².